The van der Waals surface area contributed by atoms with E-state index in [-0.39, 0.29) is 4.91 Å². The van der Waals surface area contributed by atoms with Gasteiger partial charge in [-0.3, -0.25) is 19.3 Å². The normalized spacial score (nSPS) is 14.0. The number of thioether (sulfide) groups is 1. The Balaban J connectivity index is 1.53. The van der Waals surface area contributed by atoms with Crippen LogP contribution in [0.4, 0.5) is 10.5 Å². The highest BCUT2D eigenvalue weighted by atomic mass is 79.9. The first-order valence-corrected chi connectivity index (χ1v) is 13.8. The highest BCUT2D eigenvalue weighted by molar-refractivity contribution is 9.10. The lowest BCUT2D eigenvalue weighted by atomic mass is 10.0. The van der Waals surface area contributed by atoms with Gasteiger partial charge in [0.1, 0.15) is 13.2 Å². The van der Waals surface area contributed by atoms with Crippen molar-refractivity contribution in [3.63, 3.8) is 0 Å². The van der Waals surface area contributed by atoms with Crippen LogP contribution in [0.15, 0.2) is 82.7 Å². The summed E-state index contributed by atoms with van der Waals surface area (Å²) in [6.07, 6.45) is 3.84. The van der Waals surface area contributed by atoms with Gasteiger partial charge in [-0.1, -0.05) is 41.9 Å². The van der Waals surface area contributed by atoms with Crippen LogP contribution in [0.2, 0.25) is 5.02 Å². The number of nitrogens with zero attached hydrogens (tertiary/aromatic N) is 1. The van der Waals surface area contributed by atoms with E-state index in [1.807, 2.05) is 24.3 Å². The fourth-order valence-electron chi connectivity index (χ4n) is 3.81. The van der Waals surface area contributed by atoms with Crippen molar-refractivity contribution in [3.8, 4) is 11.5 Å². The number of halogens is 2. The zero-order valence-electron chi connectivity index (χ0n) is 20.9. The number of carbonyl (C=O) groups excluding carboxylic acids is 3. The molecule has 0 radical (unpaired) electrons. The Labute approximate surface area is 243 Å². The topological polar surface area (TPSA) is 84.9 Å². The first-order valence-electron chi connectivity index (χ1n) is 11.8. The third-order valence-electron chi connectivity index (χ3n) is 5.66. The van der Waals surface area contributed by atoms with Gasteiger partial charge in [-0.2, -0.15) is 0 Å². The second-order valence-corrected chi connectivity index (χ2v) is 10.7. The Hall–Kier alpha value is -3.53. The Bertz CT molecular complexity index is 1460. The summed E-state index contributed by atoms with van der Waals surface area (Å²) in [7, 11) is 1.53. The number of rotatable bonds is 10. The minimum atomic E-state index is -0.542. The van der Waals surface area contributed by atoms with Crippen molar-refractivity contribution in [1.29, 1.82) is 0 Å². The van der Waals surface area contributed by atoms with Crippen LogP contribution in [-0.2, 0) is 22.6 Å². The number of allylic oxidation sites excluding steroid dienone is 1. The van der Waals surface area contributed by atoms with Crippen molar-refractivity contribution in [2.45, 2.75) is 13.0 Å². The van der Waals surface area contributed by atoms with Crippen LogP contribution >= 0.6 is 39.3 Å². The molecule has 39 heavy (non-hydrogen) atoms. The van der Waals surface area contributed by atoms with Crippen LogP contribution in [0, 0.1) is 0 Å². The number of hydrogen-bond acceptors (Lipinski definition) is 6. The molecule has 3 aromatic rings. The van der Waals surface area contributed by atoms with Crippen molar-refractivity contribution in [1.82, 2.24) is 4.90 Å². The molecule has 1 aliphatic rings. The van der Waals surface area contributed by atoms with Gasteiger partial charge < -0.3 is 14.8 Å². The fraction of sp³-hybridized carbons (Fsp3) is 0.138. The van der Waals surface area contributed by atoms with E-state index in [0.717, 1.165) is 27.8 Å². The van der Waals surface area contributed by atoms with Crippen LogP contribution in [0.3, 0.4) is 0 Å². The zero-order chi connectivity index (χ0) is 27.9. The summed E-state index contributed by atoms with van der Waals surface area (Å²) in [5, 5.41) is 2.83. The summed E-state index contributed by atoms with van der Waals surface area (Å²) in [6, 6.07) is 18.0. The Morgan fingerprint density at radius 2 is 1.90 bits per heavy atom. The van der Waals surface area contributed by atoms with Crippen LogP contribution in [0.25, 0.3) is 6.08 Å². The van der Waals surface area contributed by atoms with E-state index in [1.54, 1.807) is 48.6 Å². The highest BCUT2D eigenvalue weighted by Crippen LogP contribution is 2.37. The number of anilines is 1. The molecule has 1 aliphatic heterocycles. The Morgan fingerprint density at radius 1 is 1.15 bits per heavy atom. The molecular formula is C29H24BrClN2O5S. The summed E-state index contributed by atoms with van der Waals surface area (Å²) in [5.74, 6) is 0.00473. The third kappa shape index (κ3) is 7.11. The quantitative estimate of drug-likeness (QED) is 0.191. The summed E-state index contributed by atoms with van der Waals surface area (Å²) < 4.78 is 12.4. The van der Waals surface area contributed by atoms with E-state index in [2.05, 4.69) is 27.8 Å². The molecule has 10 heteroatoms. The first kappa shape index (κ1) is 28.5. The van der Waals surface area contributed by atoms with Gasteiger partial charge in [0, 0.05) is 15.1 Å². The van der Waals surface area contributed by atoms with Gasteiger partial charge in [0.05, 0.1) is 17.7 Å². The van der Waals surface area contributed by atoms with Crippen molar-refractivity contribution in [3.05, 3.63) is 104 Å². The van der Waals surface area contributed by atoms with Gasteiger partial charge in [-0.05, 0) is 87.7 Å². The fourth-order valence-corrected chi connectivity index (χ4v) is 5.16. The van der Waals surface area contributed by atoms with E-state index in [4.69, 9.17) is 21.1 Å². The molecule has 0 unspecified atom stereocenters. The molecule has 0 aromatic heterocycles. The van der Waals surface area contributed by atoms with Crippen LogP contribution in [0.5, 0.6) is 11.5 Å². The SMILES string of the molecule is C=CCc1cc(/C=C2\SC(=O)N(CC(=O)Nc3ccccc3Br)C2=O)cc(OC)c1OCc1ccc(Cl)cc1. The molecule has 1 fully saturated rings. The minimum absolute atomic E-state index is 0.204. The number of ether oxygens (including phenoxy) is 2. The van der Waals surface area contributed by atoms with E-state index in [1.165, 1.54) is 7.11 Å². The third-order valence-corrected chi connectivity index (χ3v) is 7.51. The molecule has 1 N–H and O–H groups in total. The van der Waals surface area contributed by atoms with Gasteiger partial charge in [0.2, 0.25) is 5.91 Å². The first-order chi connectivity index (χ1) is 18.8. The van der Waals surface area contributed by atoms with Crippen LogP contribution in [0.1, 0.15) is 16.7 Å². The molecule has 3 aromatic carbocycles. The van der Waals surface area contributed by atoms with Gasteiger partial charge >= 0.3 is 0 Å². The summed E-state index contributed by atoms with van der Waals surface area (Å²) >= 11 is 10.1. The van der Waals surface area contributed by atoms with Crippen LogP contribution in [-0.4, -0.2) is 35.6 Å². The molecule has 200 valence electrons. The molecule has 0 bridgehead atoms. The number of amides is 3. The van der Waals surface area contributed by atoms with E-state index < -0.39 is 23.6 Å². The number of para-hydroxylation sites is 1. The van der Waals surface area contributed by atoms with E-state index >= 15 is 0 Å². The van der Waals surface area contributed by atoms with Crippen molar-refractivity contribution < 1.29 is 23.9 Å². The number of methoxy groups -OCH3 is 1. The summed E-state index contributed by atoms with van der Waals surface area (Å²) in [6.45, 7) is 3.74. The lowest BCUT2D eigenvalue weighted by Gasteiger charge is -2.16. The number of hydrogen-bond donors (Lipinski definition) is 1. The molecule has 1 saturated heterocycles. The number of carbonyl (C=O) groups is 3. The van der Waals surface area contributed by atoms with Gasteiger partial charge in [-0.15, -0.1) is 6.58 Å². The van der Waals surface area contributed by atoms with E-state index in [9.17, 15) is 14.4 Å². The number of imide groups is 1. The van der Waals surface area contributed by atoms with Crippen molar-refractivity contribution >= 4 is 68.1 Å². The molecule has 0 aliphatic carbocycles. The molecular weight excluding hydrogens is 604 g/mol. The average Bonchev–Trinajstić information content (AvgIpc) is 3.17. The maximum Gasteiger partial charge on any atom is 0.294 e. The predicted molar refractivity (Wildman–Crippen MR) is 158 cm³/mol. The molecule has 4 rings (SSSR count). The van der Waals surface area contributed by atoms with Crippen molar-refractivity contribution in [2.75, 3.05) is 19.0 Å². The molecule has 1 heterocycles. The molecule has 0 saturated carbocycles. The molecule has 7 nitrogen and oxygen atoms in total. The maximum atomic E-state index is 13.0. The second-order valence-electron chi connectivity index (χ2n) is 8.42. The van der Waals surface area contributed by atoms with Gasteiger partial charge in [0.25, 0.3) is 11.1 Å². The standard InChI is InChI=1S/C29H24BrClN2O5S/c1-3-6-20-13-19(14-24(37-2)27(20)38-17-18-9-11-21(31)12-10-18)15-25-28(35)33(29(36)39-25)16-26(34)32-23-8-5-4-7-22(23)30/h3-5,7-15H,1,6,16-17H2,2H3,(H,32,34)/b25-15-. The average molecular weight is 628 g/mol. The Kier molecular flexibility index (Phi) is 9.50. The number of nitrogens with one attached hydrogen (secondary N) is 1. The van der Waals surface area contributed by atoms with Gasteiger partial charge in [0.15, 0.2) is 11.5 Å². The monoisotopic (exact) mass is 626 g/mol. The number of benzene rings is 3. The van der Waals surface area contributed by atoms with E-state index in [0.29, 0.717) is 45.3 Å². The molecule has 0 spiro atoms. The lowest BCUT2D eigenvalue weighted by Crippen LogP contribution is -2.36. The zero-order valence-corrected chi connectivity index (χ0v) is 24.1. The smallest absolute Gasteiger partial charge is 0.294 e. The summed E-state index contributed by atoms with van der Waals surface area (Å²) in [5.41, 5.74) is 2.93. The highest BCUT2D eigenvalue weighted by Gasteiger charge is 2.36. The Morgan fingerprint density at radius 3 is 2.59 bits per heavy atom. The summed E-state index contributed by atoms with van der Waals surface area (Å²) in [4.78, 5) is 39.3. The molecule has 0 atom stereocenters. The largest absolute Gasteiger partial charge is 0.493 e. The molecule has 3 amide bonds. The van der Waals surface area contributed by atoms with Crippen molar-refractivity contribution in [2.24, 2.45) is 0 Å². The van der Waals surface area contributed by atoms with Gasteiger partial charge in [-0.25, -0.2) is 0 Å². The maximum absolute atomic E-state index is 13.0. The predicted octanol–water partition coefficient (Wildman–Crippen LogP) is 7.09. The second kappa shape index (κ2) is 13.0. The van der Waals surface area contributed by atoms with Crippen LogP contribution < -0.4 is 14.8 Å². The minimum Gasteiger partial charge on any atom is -0.493 e. The lowest BCUT2D eigenvalue weighted by molar-refractivity contribution is -0.127.